The van der Waals surface area contributed by atoms with Crippen LogP contribution in [0.25, 0.3) is 11.6 Å². The molecule has 0 aromatic heterocycles. The Labute approximate surface area is 127 Å². The zero-order valence-electron chi connectivity index (χ0n) is 13.1. The van der Waals surface area contributed by atoms with E-state index in [1.165, 1.54) is 39.0 Å². The summed E-state index contributed by atoms with van der Waals surface area (Å²) >= 11 is 0. The van der Waals surface area contributed by atoms with Crippen molar-refractivity contribution >= 4 is 11.6 Å². The van der Waals surface area contributed by atoms with Gasteiger partial charge in [-0.15, -0.1) is 0 Å². The Bertz CT molecular complexity index is 729. The molecule has 0 N–H and O–H groups in total. The van der Waals surface area contributed by atoms with Crippen molar-refractivity contribution in [2.75, 3.05) is 0 Å². The first-order valence-electron chi connectivity index (χ1n) is 7.90. The average Bonchev–Trinajstić information content (AvgIpc) is 3.11. The lowest BCUT2D eigenvalue weighted by molar-refractivity contribution is 1.13. The Kier molecular flexibility index (Phi) is 3.79. The normalized spacial score (nSPS) is 15.1. The maximum absolute atomic E-state index is 2.38. The highest BCUT2D eigenvalue weighted by atomic mass is 14.3. The Balaban J connectivity index is 0.000000636. The van der Waals surface area contributed by atoms with Gasteiger partial charge in [0.2, 0.25) is 0 Å². The summed E-state index contributed by atoms with van der Waals surface area (Å²) in [6.45, 7) is 6.27. The van der Waals surface area contributed by atoms with Crippen molar-refractivity contribution < 1.29 is 0 Å². The summed E-state index contributed by atoms with van der Waals surface area (Å²) in [6, 6.07) is 17.5. The van der Waals surface area contributed by atoms with Gasteiger partial charge >= 0.3 is 0 Å². The van der Waals surface area contributed by atoms with Gasteiger partial charge in [-0.3, -0.25) is 0 Å². The largest absolute Gasteiger partial charge is 0.0683 e. The zero-order chi connectivity index (χ0) is 14.8. The van der Waals surface area contributed by atoms with Crippen molar-refractivity contribution in [3.8, 4) is 0 Å². The number of hydrogen-bond donors (Lipinski definition) is 0. The highest BCUT2D eigenvalue weighted by Crippen LogP contribution is 2.40. The standard InChI is InChI=1S/C19H16.C2H6/c1-13-18-9-5-4-8-16(18)12-19(13)17-10-14-6-2-3-7-15(14)11-17;1-2/h2-10H,11-12H2,1H3;1-2H3. The minimum Gasteiger partial charge on any atom is -0.0683 e. The van der Waals surface area contributed by atoms with Crippen molar-refractivity contribution in [2.24, 2.45) is 0 Å². The molecule has 4 rings (SSSR count). The SMILES string of the molecule is CC.CC1=C(C2=Cc3ccccc3C2)Cc2ccccc21. The first-order valence-corrected chi connectivity index (χ1v) is 7.90. The van der Waals surface area contributed by atoms with Gasteiger partial charge in [0.15, 0.2) is 0 Å². The predicted octanol–water partition coefficient (Wildman–Crippen LogP) is 5.68. The molecular weight excluding hydrogens is 252 g/mol. The van der Waals surface area contributed by atoms with Crippen LogP contribution >= 0.6 is 0 Å². The molecule has 0 atom stereocenters. The Morgan fingerprint density at radius 3 is 2.14 bits per heavy atom. The number of fused-ring (bicyclic) bond motifs is 2. The maximum Gasteiger partial charge on any atom is -0.00140 e. The molecule has 0 fully saturated rings. The minimum absolute atomic E-state index is 1.09. The van der Waals surface area contributed by atoms with Crippen LogP contribution in [-0.4, -0.2) is 0 Å². The molecule has 0 heterocycles. The van der Waals surface area contributed by atoms with E-state index in [1.807, 2.05) is 13.8 Å². The van der Waals surface area contributed by atoms with Gasteiger partial charge < -0.3 is 0 Å². The molecule has 106 valence electrons. The fraction of sp³-hybridized carbons (Fsp3) is 0.238. The second-order valence-corrected chi connectivity index (χ2v) is 5.48. The Morgan fingerprint density at radius 1 is 0.762 bits per heavy atom. The molecule has 0 amide bonds. The van der Waals surface area contributed by atoms with Crippen LogP contribution < -0.4 is 0 Å². The third-order valence-corrected chi connectivity index (χ3v) is 4.39. The molecule has 0 heteroatoms. The number of hydrogen-bond acceptors (Lipinski definition) is 0. The topological polar surface area (TPSA) is 0 Å². The lowest BCUT2D eigenvalue weighted by Crippen LogP contribution is -1.91. The monoisotopic (exact) mass is 274 g/mol. The molecule has 21 heavy (non-hydrogen) atoms. The first-order chi connectivity index (χ1) is 10.3. The van der Waals surface area contributed by atoms with E-state index in [0.717, 1.165) is 12.8 Å². The smallest absolute Gasteiger partial charge is 0.00140 e. The fourth-order valence-corrected chi connectivity index (χ4v) is 3.35. The van der Waals surface area contributed by atoms with Crippen molar-refractivity contribution in [2.45, 2.75) is 33.6 Å². The molecule has 0 bridgehead atoms. The van der Waals surface area contributed by atoms with E-state index >= 15 is 0 Å². The molecule has 2 aliphatic carbocycles. The van der Waals surface area contributed by atoms with Crippen LogP contribution in [0.5, 0.6) is 0 Å². The summed E-state index contributed by atoms with van der Waals surface area (Å²) in [5.74, 6) is 0. The van der Waals surface area contributed by atoms with Crippen LogP contribution in [-0.2, 0) is 12.8 Å². The summed E-state index contributed by atoms with van der Waals surface area (Å²) in [6.07, 6.45) is 4.57. The molecule has 0 spiro atoms. The molecule has 0 saturated carbocycles. The molecule has 0 unspecified atom stereocenters. The molecule has 2 aliphatic rings. The second-order valence-electron chi connectivity index (χ2n) is 5.48. The summed E-state index contributed by atoms with van der Waals surface area (Å²) in [4.78, 5) is 0. The van der Waals surface area contributed by atoms with Gasteiger partial charge in [0.25, 0.3) is 0 Å². The lowest BCUT2D eigenvalue weighted by Gasteiger charge is -2.05. The third kappa shape index (κ3) is 2.35. The van der Waals surface area contributed by atoms with E-state index < -0.39 is 0 Å². The van der Waals surface area contributed by atoms with Crippen LogP contribution in [0, 0.1) is 0 Å². The van der Waals surface area contributed by atoms with Crippen LogP contribution in [0.15, 0.2) is 59.7 Å². The molecule has 2 aromatic carbocycles. The Hall–Kier alpha value is -2.08. The minimum atomic E-state index is 1.09. The van der Waals surface area contributed by atoms with Gasteiger partial charge in [-0.25, -0.2) is 0 Å². The van der Waals surface area contributed by atoms with Gasteiger partial charge in [-0.2, -0.15) is 0 Å². The van der Waals surface area contributed by atoms with Gasteiger partial charge in [0.05, 0.1) is 0 Å². The van der Waals surface area contributed by atoms with E-state index in [1.54, 1.807) is 0 Å². The van der Waals surface area contributed by atoms with Gasteiger partial charge in [-0.05, 0) is 58.7 Å². The van der Waals surface area contributed by atoms with Gasteiger partial charge in [-0.1, -0.05) is 68.5 Å². The van der Waals surface area contributed by atoms with Crippen molar-refractivity contribution in [1.82, 2.24) is 0 Å². The van der Waals surface area contributed by atoms with Crippen LogP contribution in [0.1, 0.15) is 43.0 Å². The van der Waals surface area contributed by atoms with Crippen molar-refractivity contribution in [3.05, 3.63) is 81.9 Å². The average molecular weight is 274 g/mol. The molecule has 0 aliphatic heterocycles. The summed E-state index contributed by atoms with van der Waals surface area (Å²) < 4.78 is 0. The van der Waals surface area contributed by atoms with Gasteiger partial charge in [0.1, 0.15) is 0 Å². The molecular formula is C21H22. The number of benzene rings is 2. The second kappa shape index (κ2) is 5.73. The first kappa shape index (κ1) is 13.9. The van der Waals surface area contributed by atoms with E-state index in [9.17, 15) is 0 Å². The summed E-state index contributed by atoms with van der Waals surface area (Å²) in [5, 5.41) is 0. The Morgan fingerprint density at radius 2 is 1.43 bits per heavy atom. The zero-order valence-corrected chi connectivity index (χ0v) is 13.1. The summed E-state index contributed by atoms with van der Waals surface area (Å²) in [7, 11) is 0. The number of rotatable bonds is 1. The third-order valence-electron chi connectivity index (χ3n) is 4.39. The highest BCUT2D eigenvalue weighted by Gasteiger charge is 2.23. The van der Waals surface area contributed by atoms with Crippen LogP contribution in [0.3, 0.4) is 0 Å². The van der Waals surface area contributed by atoms with Crippen LogP contribution in [0.2, 0.25) is 0 Å². The summed E-state index contributed by atoms with van der Waals surface area (Å²) in [5.41, 5.74) is 10.3. The van der Waals surface area contributed by atoms with Crippen molar-refractivity contribution in [1.29, 1.82) is 0 Å². The van der Waals surface area contributed by atoms with E-state index in [4.69, 9.17) is 0 Å². The molecule has 0 nitrogen and oxygen atoms in total. The van der Waals surface area contributed by atoms with E-state index in [2.05, 4.69) is 61.5 Å². The van der Waals surface area contributed by atoms with Crippen LogP contribution in [0.4, 0.5) is 0 Å². The fourth-order valence-electron chi connectivity index (χ4n) is 3.35. The highest BCUT2D eigenvalue weighted by molar-refractivity contribution is 5.82. The quantitative estimate of drug-likeness (QED) is 0.627. The van der Waals surface area contributed by atoms with E-state index in [-0.39, 0.29) is 0 Å². The maximum atomic E-state index is 2.38. The predicted molar refractivity (Wildman–Crippen MR) is 92.2 cm³/mol. The number of allylic oxidation sites excluding steroid dienone is 3. The van der Waals surface area contributed by atoms with E-state index in [0.29, 0.717) is 0 Å². The molecule has 0 radical (unpaired) electrons. The molecule has 2 aromatic rings. The van der Waals surface area contributed by atoms with Gasteiger partial charge in [0, 0.05) is 0 Å². The van der Waals surface area contributed by atoms with Crippen molar-refractivity contribution in [3.63, 3.8) is 0 Å². The lowest BCUT2D eigenvalue weighted by atomic mass is 9.99. The molecule has 0 saturated heterocycles.